The predicted molar refractivity (Wildman–Crippen MR) is 132 cm³/mol. The third kappa shape index (κ3) is 7.59. The monoisotopic (exact) mass is 546 g/mol. The number of carbonyl (C=O) groups excluding carboxylic acids is 1. The first-order chi connectivity index (χ1) is 14.6. The minimum atomic E-state index is -0.118. The number of esters is 1. The molecule has 2 aliphatic heterocycles. The molecule has 0 spiro atoms. The number of hydrogen-bond acceptors (Lipinski definition) is 4. The van der Waals surface area contributed by atoms with Gasteiger partial charge in [-0.2, -0.15) is 0 Å². The number of hydrogen-bond donors (Lipinski definition) is 1. The molecule has 0 bridgehead atoms. The fraction of sp³-hybridized carbons (Fsp3) is 0.652. The minimum absolute atomic E-state index is 0. The number of rotatable bonds is 6. The van der Waals surface area contributed by atoms with Crippen LogP contribution in [-0.4, -0.2) is 68.1 Å². The normalized spacial score (nSPS) is 20.8. The van der Waals surface area contributed by atoms with Crippen molar-refractivity contribution in [2.45, 2.75) is 39.2 Å². The summed E-state index contributed by atoms with van der Waals surface area (Å²) in [6.45, 7) is 7.37. The van der Waals surface area contributed by atoms with E-state index in [-0.39, 0.29) is 41.7 Å². The van der Waals surface area contributed by atoms with E-state index in [0.29, 0.717) is 25.6 Å². The predicted octanol–water partition coefficient (Wildman–Crippen LogP) is 3.51. The Bertz CT molecular complexity index is 725. The Balaban J connectivity index is 0.00000341. The van der Waals surface area contributed by atoms with E-state index in [4.69, 9.17) is 4.74 Å². The molecule has 2 aliphatic rings. The highest BCUT2D eigenvalue weighted by Crippen LogP contribution is 2.21. The smallest absolute Gasteiger partial charge is 0.310 e. The molecule has 1 aromatic carbocycles. The number of carbonyl (C=O) groups is 1. The van der Waals surface area contributed by atoms with Crippen molar-refractivity contribution in [2.24, 2.45) is 16.8 Å². The van der Waals surface area contributed by atoms with Crippen LogP contribution >= 0.6 is 24.0 Å². The quantitative estimate of drug-likeness (QED) is 0.256. The molecule has 6 nitrogen and oxygen atoms in total. The van der Waals surface area contributed by atoms with Gasteiger partial charge in [0.25, 0.3) is 0 Å². The van der Waals surface area contributed by atoms with Gasteiger partial charge in [0.1, 0.15) is 5.82 Å². The molecular formula is C23H36FIN4O2. The van der Waals surface area contributed by atoms with Gasteiger partial charge in [0.2, 0.25) is 0 Å². The number of benzene rings is 1. The van der Waals surface area contributed by atoms with Crippen molar-refractivity contribution >= 4 is 35.9 Å². The van der Waals surface area contributed by atoms with Gasteiger partial charge in [0.05, 0.1) is 12.5 Å². The van der Waals surface area contributed by atoms with E-state index in [2.05, 4.69) is 20.1 Å². The number of ether oxygens (including phenoxy) is 1. The van der Waals surface area contributed by atoms with E-state index in [0.717, 1.165) is 63.4 Å². The molecular weight excluding hydrogens is 510 g/mol. The zero-order valence-electron chi connectivity index (χ0n) is 18.7. The summed E-state index contributed by atoms with van der Waals surface area (Å²) in [6, 6.07) is 7.04. The second-order valence-corrected chi connectivity index (χ2v) is 8.28. The summed E-state index contributed by atoms with van der Waals surface area (Å²) >= 11 is 0. The Hall–Kier alpha value is -1.42. The molecule has 1 unspecified atom stereocenters. The third-order valence-electron chi connectivity index (χ3n) is 6.16. The Morgan fingerprint density at radius 1 is 1.23 bits per heavy atom. The molecule has 0 amide bonds. The van der Waals surface area contributed by atoms with E-state index < -0.39 is 0 Å². The molecule has 0 saturated carbocycles. The average Bonchev–Trinajstić information content (AvgIpc) is 2.77. The molecule has 1 atom stereocenters. The zero-order chi connectivity index (χ0) is 21.3. The van der Waals surface area contributed by atoms with Gasteiger partial charge in [-0.3, -0.25) is 14.7 Å². The van der Waals surface area contributed by atoms with Crippen LogP contribution in [0.4, 0.5) is 4.39 Å². The average molecular weight is 546 g/mol. The van der Waals surface area contributed by atoms with Crippen LogP contribution in [0.1, 0.15) is 38.2 Å². The van der Waals surface area contributed by atoms with E-state index in [1.54, 1.807) is 13.1 Å². The van der Waals surface area contributed by atoms with Crippen molar-refractivity contribution < 1.29 is 13.9 Å². The van der Waals surface area contributed by atoms with Gasteiger partial charge in [0.15, 0.2) is 5.96 Å². The second-order valence-electron chi connectivity index (χ2n) is 8.28. The SMILES string of the molecule is CCOC(=O)C1CCCN(C(=NC)NCC2CCN(Cc3ccccc3F)CC2)C1.I. The second kappa shape index (κ2) is 13.2. The summed E-state index contributed by atoms with van der Waals surface area (Å²) < 4.78 is 19.1. The number of guanidine groups is 1. The fourth-order valence-electron chi connectivity index (χ4n) is 4.41. The molecule has 0 radical (unpaired) electrons. The summed E-state index contributed by atoms with van der Waals surface area (Å²) in [5.74, 6) is 1.16. The number of halogens is 2. The first kappa shape index (κ1) is 25.8. The van der Waals surface area contributed by atoms with Crippen molar-refractivity contribution in [1.82, 2.24) is 15.1 Å². The van der Waals surface area contributed by atoms with Gasteiger partial charge < -0.3 is 15.0 Å². The van der Waals surface area contributed by atoms with Gasteiger partial charge in [-0.25, -0.2) is 4.39 Å². The molecule has 0 aliphatic carbocycles. The Morgan fingerprint density at radius 3 is 2.65 bits per heavy atom. The van der Waals surface area contributed by atoms with Crippen LogP contribution in [0, 0.1) is 17.7 Å². The van der Waals surface area contributed by atoms with E-state index in [9.17, 15) is 9.18 Å². The fourth-order valence-corrected chi connectivity index (χ4v) is 4.41. The van der Waals surface area contributed by atoms with Crippen molar-refractivity contribution in [1.29, 1.82) is 0 Å². The van der Waals surface area contributed by atoms with Crippen LogP contribution in [0.15, 0.2) is 29.3 Å². The van der Waals surface area contributed by atoms with Crippen molar-refractivity contribution in [3.05, 3.63) is 35.6 Å². The minimum Gasteiger partial charge on any atom is -0.466 e. The molecule has 2 heterocycles. The first-order valence-corrected chi connectivity index (χ1v) is 11.2. The molecule has 1 aromatic rings. The highest BCUT2D eigenvalue weighted by Gasteiger charge is 2.29. The van der Waals surface area contributed by atoms with E-state index >= 15 is 0 Å². The largest absolute Gasteiger partial charge is 0.466 e. The topological polar surface area (TPSA) is 57.2 Å². The molecule has 3 rings (SSSR count). The van der Waals surface area contributed by atoms with Gasteiger partial charge >= 0.3 is 5.97 Å². The number of piperidine rings is 2. The van der Waals surface area contributed by atoms with Crippen LogP contribution < -0.4 is 5.32 Å². The maximum Gasteiger partial charge on any atom is 0.310 e. The van der Waals surface area contributed by atoms with Crippen LogP contribution in [0.25, 0.3) is 0 Å². The Kier molecular flexibility index (Phi) is 11.0. The Labute approximate surface area is 202 Å². The highest BCUT2D eigenvalue weighted by molar-refractivity contribution is 14.0. The molecule has 2 saturated heterocycles. The maximum absolute atomic E-state index is 13.9. The highest BCUT2D eigenvalue weighted by atomic mass is 127. The van der Waals surface area contributed by atoms with E-state index in [1.807, 2.05) is 19.1 Å². The van der Waals surface area contributed by atoms with Crippen LogP contribution in [-0.2, 0) is 16.1 Å². The van der Waals surface area contributed by atoms with Crippen molar-refractivity contribution in [3.8, 4) is 0 Å². The number of aliphatic imine (C=N–C) groups is 1. The molecule has 8 heteroatoms. The van der Waals surface area contributed by atoms with Gasteiger partial charge in [-0.1, -0.05) is 18.2 Å². The summed E-state index contributed by atoms with van der Waals surface area (Å²) in [7, 11) is 1.80. The summed E-state index contributed by atoms with van der Waals surface area (Å²) in [5.41, 5.74) is 0.774. The Morgan fingerprint density at radius 2 is 1.97 bits per heavy atom. The lowest BCUT2D eigenvalue weighted by molar-refractivity contribution is -0.149. The summed E-state index contributed by atoms with van der Waals surface area (Å²) in [6.07, 6.45) is 4.03. The molecule has 1 N–H and O–H groups in total. The first-order valence-electron chi connectivity index (χ1n) is 11.2. The van der Waals surface area contributed by atoms with Crippen molar-refractivity contribution in [2.75, 3.05) is 46.4 Å². The van der Waals surface area contributed by atoms with Crippen LogP contribution in [0.3, 0.4) is 0 Å². The molecule has 2 fully saturated rings. The summed E-state index contributed by atoms with van der Waals surface area (Å²) in [5, 5.41) is 3.52. The van der Waals surface area contributed by atoms with Gasteiger partial charge in [-0.15, -0.1) is 24.0 Å². The van der Waals surface area contributed by atoms with Crippen LogP contribution in [0.5, 0.6) is 0 Å². The lowest BCUT2D eigenvalue weighted by Crippen LogP contribution is -2.49. The van der Waals surface area contributed by atoms with Gasteiger partial charge in [-0.05, 0) is 57.7 Å². The lowest BCUT2D eigenvalue weighted by Gasteiger charge is -2.36. The maximum atomic E-state index is 13.9. The summed E-state index contributed by atoms with van der Waals surface area (Å²) in [4.78, 5) is 21.1. The standard InChI is InChI=1S/C23H35FN4O2.HI/c1-3-30-22(29)20-8-6-12-28(17-20)23(25-2)26-15-18-10-13-27(14-11-18)16-19-7-4-5-9-21(19)24;/h4-5,7,9,18,20H,3,6,8,10-17H2,1-2H3,(H,25,26);1H. The lowest BCUT2D eigenvalue weighted by atomic mass is 9.96. The molecule has 0 aromatic heterocycles. The van der Waals surface area contributed by atoms with Gasteiger partial charge in [0, 0.05) is 38.8 Å². The third-order valence-corrected chi connectivity index (χ3v) is 6.16. The number of nitrogens with one attached hydrogen (secondary N) is 1. The van der Waals surface area contributed by atoms with E-state index in [1.165, 1.54) is 6.07 Å². The molecule has 31 heavy (non-hydrogen) atoms. The number of nitrogens with zero attached hydrogens (tertiary/aromatic N) is 3. The molecule has 174 valence electrons. The number of likely N-dealkylation sites (tertiary alicyclic amines) is 2. The van der Waals surface area contributed by atoms with Crippen LogP contribution in [0.2, 0.25) is 0 Å². The van der Waals surface area contributed by atoms with Crippen molar-refractivity contribution in [3.63, 3.8) is 0 Å². The zero-order valence-corrected chi connectivity index (χ0v) is 21.0.